The number of carbonyl (C=O) groups excluding carboxylic acids is 1. The highest BCUT2D eigenvalue weighted by Gasteiger charge is 2.19. The first-order valence-electron chi connectivity index (χ1n) is 6.07. The van der Waals surface area contributed by atoms with Crippen LogP contribution in [0.4, 0.5) is 0 Å². The van der Waals surface area contributed by atoms with E-state index in [1.807, 2.05) is 31.2 Å². The lowest BCUT2D eigenvalue weighted by molar-refractivity contribution is -0.137. The van der Waals surface area contributed by atoms with Gasteiger partial charge in [-0.2, -0.15) is 0 Å². The molecule has 0 amide bonds. The molecule has 2 aromatic carbocycles. The second-order valence-electron chi connectivity index (χ2n) is 4.30. The predicted octanol–water partition coefficient (Wildman–Crippen LogP) is 2.06. The molecule has 5 nitrogen and oxygen atoms in total. The third kappa shape index (κ3) is 2.53. The summed E-state index contributed by atoms with van der Waals surface area (Å²) in [4.78, 5) is 11.4. The van der Waals surface area contributed by atoms with Crippen LogP contribution in [0.25, 0.3) is 10.8 Å². The van der Waals surface area contributed by atoms with Crippen LogP contribution in [0.3, 0.4) is 0 Å². The molecule has 0 heterocycles. The van der Waals surface area contributed by atoms with E-state index in [2.05, 4.69) is 0 Å². The highest BCUT2D eigenvalue weighted by atomic mass is 16.6. The van der Waals surface area contributed by atoms with Crippen molar-refractivity contribution in [1.82, 2.24) is 0 Å². The maximum Gasteiger partial charge on any atom is 0.337 e. The van der Waals surface area contributed by atoms with Crippen molar-refractivity contribution in [2.75, 3.05) is 20.8 Å². The quantitative estimate of drug-likeness (QED) is 0.684. The molecular weight excluding hydrogens is 260 g/mol. The van der Waals surface area contributed by atoms with Gasteiger partial charge in [-0.1, -0.05) is 17.7 Å². The summed E-state index contributed by atoms with van der Waals surface area (Å²) in [6.07, 6.45) is 0. The molecule has 0 radical (unpaired) electrons. The average Bonchev–Trinajstić information content (AvgIpc) is 2.46. The Hall–Kier alpha value is -2.27. The number of carbonyl (C=O) groups is 1. The topological polar surface area (TPSA) is 65.0 Å². The van der Waals surface area contributed by atoms with Crippen molar-refractivity contribution in [2.24, 2.45) is 0 Å². The molecule has 106 valence electrons. The number of benzene rings is 2. The van der Waals surface area contributed by atoms with E-state index in [0.717, 1.165) is 16.3 Å². The Bertz CT molecular complexity index is 648. The van der Waals surface area contributed by atoms with Gasteiger partial charge in [0.15, 0.2) is 11.5 Å². The number of rotatable bonds is 4. The van der Waals surface area contributed by atoms with Crippen molar-refractivity contribution in [2.45, 2.75) is 6.92 Å². The molecular formula is C15H16O5. The zero-order valence-corrected chi connectivity index (χ0v) is 11.6. The van der Waals surface area contributed by atoms with Gasteiger partial charge >= 0.3 is 5.97 Å². The highest BCUT2D eigenvalue weighted by Crippen LogP contribution is 2.43. The Balaban J connectivity index is 2.75. The third-order valence-electron chi connectivity index (χ3n) is 2.94. The summed E-state index contributed by atoms with van der Waals surface area (Å²) < 4.78 is 15.7. The van der Waals surface area contributed by atoms with Crippen molar-refractivity contribution in [1.29, 1.82) is 0 Å². The minimum atomic E-state index is -0.751. The van der Waals surface area contributed by atoms with Crippen LogP contribution in [-0.2, 0) is 4.79 Å². The van der Waals surface area contributed by atoms with E-state index >= 15 is 0 Å². The summed E-state index contributed by atoms with van der Waals surface area (Å²) in [6, 6.07) is 7.55. The molecule has 0 saturated carbocycles. The minimum absolute atomic E-state index is 0.254. The lowest BCUT2D eigenvalue weighted by Crippen LogP contribution is -2.13. The molecule has 0 fully saturated rings. The first-order chi connectivity index (χ1) is 9.60. The van der Waals surface area contributed by atoms with E-state index in [4.69, 9.17) is 19.3 Å². The van der Waals surface area contributed by atoms with Gasteiger partial charge < -0.3 is 19.3 Å². The smallest absolute Gasteiger partial charge is 0.337 e. The normalized spacial score (nSPS) is 10.4. The van der Waals surface area contributed by atoms with Crippen LogP contribution in [0.1, 0.15) is 5.56 Å². The van der Waals surface area contributed by atoms with Crippen LogP contribution < -0.4 is 14.2 Å². The molecule has 0 aliphatic rings. The lowest BCUT2D eigenvalue weighted by atomic mass is 10.1. The van der Waals surface area contributed by atoms with Crippen molar-refractivity contribution in [3.63, 3.8) is 0 Å². The SMILES string of the molecule is COc1cc2ccc(C)cc2c(OC(=O)CO)c1OC. The van der Waals surface area contributed by atoms with Gasteiger partial charge in [-0.15, -0.1) is 0 Å². The van der Waals surface area contributed by atoms with Gasteiger partial charge in [-0.3, -0.25) is 0 Å². The summed E-state index contributed by atoms with van der Waals surface area (Å²) in [7, 11) is 2.98. The van der Waals surface area contributed by atoms with Crippen molar-refractivity contribution in [3.8, 4) is 17.2 Å². The predicted molar refractivity (Wildman–Crippen MR) is 74.5 cm³/mol. The Morgan fingerprint density at radius 2 is 1.90 bits per heavy atom. The van der Waals surface area contributed by atoms with Crippen LogP contribution in [0.2, 0.25) is 0 Å². The van der Waals surface area contributed by atoms with E-state index in [1.54, 1.807) is 0 Å². The zero-order valence-electron chi connectivity index (χ0n) is 11.6. The van der Waals surface area contributed by atoms with E-state index in [0.29, 0.717) is 11.5 Å². The van der Waals surface area contributed by atoms with Gasteiger partial charge in [0.25, 0.3) is 0 Å². The van der Waals surface area contributed by atoms with Crippen molar-refractivity contribution >= 4 is 16.7 Å². The van der Waals surface area contributed by atoms with E-state index in [-0.39, 0.29) is 5.75 Å². The number of fused-ring (bicyclic) bond motifs is 1. The van der Waals surface area contributed by atoms with E-state index in [1.165, 1.54) is 14.2 Å². The molecule has 0 aliphatic heterocycles. The summed E-state index contributed by atoms with van der Waals surface area (Å²) >= 11 is 0. The van der Waals surface area contributed by atoms with Crippen LogP contribution in [-0.4, -0.2) is 31.9 Å². The number of methoxy groups -OCH3 is 2. The molecule has 2 rings (SSSR count). The van der Waals surface area contributed by atoms with Gasteiger partial charge in [0, 0.05) is 5.39 Å². The van der Waals surface area contributed by atoms with Crippen molar-refractivity contribution in [3.05, 3.63) is 29.8 Å². The number of hydrogen-bond donors (Lipinski definition) is 1. The Morgan fingerprint density at radius 1 is 1.15 bits per heavy atom. The molecule has 2 aromatic rings. The fourth-order valence-corrected chi connectivity index (χ4v) is 2.03. The van der Waals surface area contributed by atoms with Crippen LogP contribution in [0, 0.1) is 6.92 Å². The Labute approximate surface area is 116 Å². The first kappa shape index (κ1) is 14.1. The summed E-state index contributed by atoms with van der Waals surface area (Å²) in [6.45, 7) is 1.24. The molecule has 0 saturated heterocycles. The molecule has 0 atom stereocenters. The Kier molecular flexibility index (Phi) is 4.10. The molecule has 1 N–H and O–H groups in total. The molecule has 0 spiro atoms. The van der Waals surface area contributed by atoms with Crippen LogP contribution in [0.5, 0.6) is 17.2 Å². The first-order valence-corrected chi connectivity index (χ1v) is 6.07. The second-order valence-corrected chi connectivity index (χ2v) is 4.30. The number of ether oxygens (including phenoxy) is 3. The zero-order chi connectivity index (χ0) is 14.7. The van der Waals surface area contributed by atoms with Gasteiger partial charge in [0.2, 0.25) is 5.75 Å². The largest absolute Gasteiger partial charge is 0.493 e. The Morgan fingerprint density at radius 3 is 2.50 bits per heavy atom. The third-order valence-corrected chi connectivity index (χ3v) is 2.94. The molecule has 20 heavy (non-hydrogen) atoms. The number of esters is 1. The molecule has 5 heteroatoms. The second kappa shape index (κ2) is 5.79. The van der Waals surface area contributed by atoms with Crippen LogP contribution >= 0.6 is 0 Å². The van der Waals surface area contributed by atoms with Gasteiger partial charge in [0.05, 0.1) is 14.2 Å². The summed E-state index contributed by atoms with van der Waals surface area (Å²) in [5, 5.41) is 10.4. The maximum absolute atomic E-state index is 11.4. The average molecular weight is 276 g/mol. The monoisotopic (exact) mass is 276 g/mol. The minimum Gasteiger partial charge on any atom is -0.493 e. The highest BCUT2D eigenvalue weighted by molar-refractivity contribution is 5.95. The number of aliphatic hydroxyl groups excluding tert-OH is 1. The fraction of sp³-hybridized carbons (Fsp3) is 0.267. The standard InChI is InChI=1S/C15H16O5/c1-9-4-5-10-7-12(18-2)15(19-3)14(11(10)6-9)20-13(17)8-16/h4-7,16H,8H2,1-3H3. The molecule has 0 bridgehead atoms. The summed E-state index contributed by atoms with van der Waals surface area (Å²) in [5.74, 6) is 0.293. The fourth-order valence-electron chi connectivity index (χ4n) is 2.03. The molecule has 0 aliphatic carbocycles. The van der Waals surface area contributed by atoms with Crippen LogP contribution in [0.15, 0.2) is 24.3 Å². The van der Waals surface area contributed by atoms with E-state index < -0.39 is 12.6 Å². The number of aliphatic hydroxyl groups is 1. The molecule has 0 unspecified atom stereocenters. The summed E-state index contributed by atoms with van der Waals surface area (Å²) in [5.41, 5.74) is 1.02. The molecule has 0 aromatic heterocycles. The van der Waals surface area contributed by atoms with Crippen molar-refractivity contribution < 1.29 is 24.1 Å². The van der Waals surface area contributed by atoms with Gasteiger partial charge in [-0.25, -0.2) is 4.79 Å². The lowest BCUT2D eigenvalue weighted by Gasteiger charge is -2.15. The number of aryl methyl sites for hydroxylation is 1. The van der Waals surface area contributed by atoms with E-state index in [9.17, 15) is 4.79 Å². The maximum atomic E-state index is 11.4. The number of hydrogen-bond acceptors (Lipinski definition) is 5. The van der Waals surface area contributed by atoms with Gasteiger partial charge in [-0.05, 0) is 24.4 Å². The van der Waals surface area contributed by atoms with Gasteiger partial charge in [0.1, 0.15) is 6.61 Å².